The maximum Gasteiger partial charge on any atom is 0.343 e. The van der Waals surface area contributed by atoms with Crippen LogP contribution in [0.2, 0.25) is 0 Å². The first kappa shape index (κ1) is 21.5. The number of aromatic nitrogens is 2. The molecule has 0 saturated carbocycles. The zero-order valence-electron chi connectivity index (χ0n) is 16.4. The minimum Gasteiger partial charge on any atom is -0.465 e. The predicted molar refractivity (Wildman–Crippen MR) is 110 cm³/mol. The first-order chi connectivity index (χ1) is 14.5. The molecule has 3 rings (SSSR count). The number of carbonyl (C=O) groups excluding carboxylic acids is 3. The molecule has 0 amide bonds. The van der Waals surface area contributed by atoms with Crippen molar-refractivity contribution in [3.8, 4) is 0 Å². The van der Waals surface area contributed by atoms with Gasteiger partial charge in [-0.2, -0.15) is 0 Å². The highest BCUT2D eigenvalue weighted by molar-refractivity contribution is 6.38. The number of rotatable bonds is 8. The summed E-state index contributed by atoms with van der Waals surface area (Å²) in [6, 6.07) is 8.83. The summed E-state index contributed by atoms with van der Waals surface area (Å²) in [5.74, 6) is -3.76. The average molecular weight is 429 g/mol. The zero-order valence-corrected chi connectivity index (χ0v) is 17.1. The number of ether oxygens (including phenoxy) is 2. The van der Waals surface area contributed by atoms with E-state index in [9.17, 15) is 14.4 Å². The van der Waals surface area contributed by atoms with E-state index in [1.807, 2.05) is 6.07 Å². The van der Waals surface area contributed by atoms with Gasteiger partial charge in [-0.1, -0.05) is 48.0 Å². The van der Waals surface area contributed by atoms with Crippen molar-refractivity contribution >= 4 is 29.3 Å². The molecule has 0 spiro atoms. The Morgan fingerprint density at radius 3 is 2.67 bits per heavy atom. The summed E-state index contributed by atoms with van der Waals surface area (Å²) in [5.41, 5.74) is 0.352. The van der Waals surface area contributed by atoms with Gasteiger partial charge in [0.1, 0.15) is 12.2 Å². The van der Waals surface area contributed by atoms with Gasteiger partial charge in [0.2, 0.25) is 0 Å². The Morgan fingerprint density at radius 1 is 1.23 bits per heavy atom. The molecule has 1 aromatic carbocycles. The Labute approximate surface area is 179 Å². The van der Waals surface area contributed by atoms with Crippen LogP contribution in [0.25, 0.3) is 0 Å². The number of nitrogens with zero attached hydrogens (tertiary/aromatic N) is 2. The maximum atomic E-state index is 13.2. The van der Waals surface area contributed by atoms with Gasteiger partial charge in [0.25, 0.3) is 0 Å². The van der Waals surface area contributed by atoms with Crippen molar-refractivity contribution in [2.24, 2.45) is 5.92 Å². The van der Waals surface area contributed by atoms with Gasteiger partial charge in [0.15, 0.2) is 5.78 Å². The van der Waals surface area contributed by atoms with Crippen molar-refractivity contribution in [2.75, 3.05) is 13.2 Å². The van der Waals surface area contributed by atoms with E-state index in [0.717, 1.165) is 0 Å². The largest absolute Gasteiger partial charge is 0.465 e. The topological polar surface area (TPSA) is 87.5 Å². The third-order valence-electron chi connectivity index (χ3n) is 4.64. The van der Waals surface area contributed by atoms with Crippen LogP contribution in [0.4, 0.5) is 0 Å². The number of hydrogen-bond acceptors (Lipinski definition) is 6. The van der Waals surface area contributed by atoms with Gasteiger partial charge in [-0.05, 0) is 18.6 Å². The van der Waals surface area contributed by atoms with Crippen molar-refractivity contribution in [3.05, 3.63) is 77.4 Å². The fraction of sp³-hybridized carbons (Fsp3) is 0.273. The Balaban J connectivity index is 1.79. The fourth-order valence-corrected chi connectivity index (χ4v) is 3.46. The lowest BCUT2D eigenvalue weighted by Crippen LogP contribution is -2.33. The van der Waals surface area contributed by atoms with E-state index in [2.05, 4.69) is 4.98 Å². The molecule has 0 saturated heterocycles. The predicted octanol–water partition coefficient (Wildman–Crippen LogP) is 3.02. The first-order valence-corrected chi connectivity index (χ1v) is 9.87. The smallest absolute Gasteiger partial charge is 0.343 e. The van der Waals surface area contributed by atoms with E-state index < -0.39 is 29.6 Å². The van der Waals surface area contributed by atoms with E-state index in [1.165, 1.54) is 12.2 Å². The van der Waals surface area contributed by atoms with E-state index in [0.29, 0.717) is 12.1 Å². The zero-order chi connectivity index (χ0) is 21.5. The van der Waals surface area contributed by atoms with Crippen molar-refractivity contribution in [1.82, 2.24) is 9.55 Å². The lowest BCUT2D eigenvalue weighted by Gasteiger charge is -2.25. The molecule has 1 heterocycles. The van der Waals surface area contributed by atoms with Gasteiger partial charge in [-0.25, -0.2) is 9.78 Å². The van der Waals surface area contributed by atoms with Gasteiger partial charge in [-0.15, -0.1) is 0 Å². The van der Waals surface area contributed by atoms with Crippen LogP contribution >= 0.6 is 11.6 Å². The number of esters is 2. The molecular formula is C22H21ClN2O5. The minimum absolute atomic E-state index is 0.0143. The number of allylic oxidation sites excluding steroid dienone is 3. The Morgan fingerprint density at radius 2 is 2.00 bits per heavy atom. The number of imidazole rings is 1. The summed E-state index contributed by atoms with van der Waals surface area (Å²) < 4.78 is 12.2. The third-order valence-corrected chi connectivity index (χ3v) is 4.96. The maximum absolute atomic E-state index is 13.2. The molecular weight excluding hydrogens is 408 g/mol. The van der Waals surface area contributed by atoms with Crippen LogP contribution in [0.1, 0.15) is 18.4 Å². The molecule has 1 aromatic heterocycles. The van der Waals surface area contributed by atoms with Crippen LogP contribution in [0.3, 0.4) is 0 Å². The second-order valence-electron chi connectivity index (χ2n) is 6.55. The molecule has 0 bridgehead atoms. The van der Waals surface area contributed by atoms with Crippen LogP contribution < -0.4 is 0 Å². The molecule has 0 radical (unpaired) electrons. The van der Waals surface area contributed by atoms with Crippen molar-refractivity contribution < 1.29 is 23.9 Å². The molecule has 156 valence electrons. The van der Waals surface area contributed by atoms with E-state index in [-0.39, 0.29) is 23.8 Å². The second kappa shape index (κ2) is 10.0. The Hall–Kier alpha value is -3.19. The minimum atomic E-state index is -0.926. The Kier molecular flexibility index (Phi) is 7.19. The summed E-state index contributed by atoms with van der Waals surface area (Å²) in [7, 11) is 0. The van der Waals surface area contributed by atoms with Gasteiger partial charge in [-0.3, -0.25) is 9.59 Å². The standard InChI is InChI=1S/C22H21ClN2O5/c1-2-29-21(27)18(15-6-4-3-5-7-15)16-8-9-17(23)19(20(16)26)22(28)30-13-12-25-11-10-24-14-25/h3-11,14,16,18H,2,12-13H2,1H3. The number of Topliss-reactive ketones (excluding diaryl/α,β-unsaturated/α-hetero) is 1. The van der Waals surface area contributed by atoms with Crippen LogP contribution in [-0.2, 0) is 30.4 Å². The second-order valence-corrected chi connectivity index (χ2v) is 6.96. The molecule has 0 aliphatic heterocycles. The van der Waals surface area contributed by atoms with Crippen molar-refractivity contribution in [1.29, 1.82) is 0 Å². The summed E-state index contributed by atoms with van der Waals surface area (Å²) in [4.78, 5) is 42.3. The lowest BCUT2D eigenvalue weighted by molar-refractivity contribution is -0.148. The highest BCUT2D eigenvalue weighted by Crippen LogP contribution is 2.35. The lowest BCUT2D eigenvalue weighted by atomic mass is 9.78. The number of ketones is 1. The summed E-state index contributed by atoms with van der Waals surface area (Å²) in [6.07, 6.45) is 7.92. The number of halogens is 1. The van der Waals surface area contributed by atoms with Gasteiger partial charge in [0, 0.05) is 12.4 Å². The third kappa shape index (κ3) is 4.86. The SMILES string of the molecule is CCOC(=O)C(c1ccccc1)C1C=CC(Cl)=C(C(=O)OCCn2ccnc2)C1=O. The van der Waals surface area contributed by atoms with E-state index in [1.54, 1.807) is 54.5 Å². The quantitative estimate of drug-likeness (QED) is 0.474. The summed E-state index contributed by atoms with van der Waals surface area (Å²) >= 11 is 6.15. The molecule has 2 atom stereocenters. The molecule has 1 aliphatic rings. The van der Waals surface area contributed by atoms with Gasteiger partial charge < -0.3 is 14.0 Å². The molecule has 1 aliphatic carbocycles. The average Bonchev–Trinajstić information content (AvgIpc) is 3.24. The van der Waals surface area contributed by atoms with Crippen molar-refractivity contribution in [3.63, 3.8) is 0 Å². The summed E-state index contributed by atoms with van der Waals surface area (Å²) in [6.45, 7) is 2.30. The van der Waals surface area contributed by atoms with Gasteiger partial charge >= 0.3 is 11.9 Å². The van der Waals surface area contributed by atoms with Gasteiger partial charge in [0.05, 0.1) is 36.3 Å². The normalized spacial score (nSPS) is 17.0. The molecule has 2 unspecified atom stereocenters. The molecule has 7 nitrogen and oxygen atoms in total. The molecule has 0 N–H and O–H groups in total. The molecule has 30 heavy (non-hydrogen) atoms. The molecule has 8 heteroatoms. The molecule has 2 aromatic rings. The van der Waals surface area contributed by atoms with Crippen molar-refractivity contribution in [2.45, 2.75) is 19.4 Å². The van der Waals surface area contributed by atoms with Crippen LogP contribution in [-0.4, -0.2) is 40.5 Å². The monoisotopic (exact) mass is 428 g/mol. The van der Waals surface area contributed by atoms with E-state index >= 15 is 0 Å². The van der Waals surface area contributed by atoms with Crippen LogP contribution in [0.15, 0.2) is 71.8 Å². The number of carbonyl (C=O) groups is 3. The summed E-state index contributed by atoms with van der Waals surface area (Å²) in [5, 5.41) is -0.0143. The molecule has 0 fully saturated rings. The van der Waals surface area contributed by atoms with E-state index in [4.69, 9.17) is 21.1 Å². The number of benzene rings is 1. The Bertz CT molecular complexity index is 967. The highest BCUT2D eigenvalue weighted by Gasteiger charge is 2.40. The van der Waals surface area contributed by atoms with Crippen LogP contribution in [0, 0.1) is 5.92 Å². The first-order valence-electron chi connectivity index (χ1n) is 9.49. The van der Waals surface area contributed by atoms with Crippen LogP contribution in [0.5, 0.6) is 0 Å². The fourth-order valence-electron chi connectivity index (χ4n) is 3.22. The highest BCUT2D eigenvalue weighted by atomic mass is 35.5. The number of hydrogen-bond donors (Lipinski definition) is 0.